The molecule has 0 N–H and O–H groups in total. The molecule has 65 valence electrons. The van der Waals surface area contributed by atoms with Gasteiger partial charge in [0.25, 0.3) is 0 Å². The van der Waals surface area contributed by atoms with E-state index in [4.69, 9.17) is 5.26 Å². The van der Waals surface area contributed by atoms with Crippen molar-refractivity contribution in [2.45, 2.75) is 6.92 Å². The van der Waals surface area contributed by atoms with E-state index in [1.165, 1.54) is 18.2 Å². The number of allylic oxidation sites excluding steroid dienone is 1. The van der Waals surface area contributed by atoms with E-state index in [2.05, 4.69) is 6.58 Å². The lowest BCUT2D eigenvalue weighted by atomic mass is 9.99. The molecule has 1 radical (unpaired) electrons. The maximum Gasteiger partial charge on any atom is 0.127 e. The second-order valence-electron chi connectivity index (χ2n) is 2.69. The van der Waals surface area contributed by atoms with E-state index in [1.54, 1.807) is 13.0 Å². The minimum absolute atomic E-state index is 0.323. The lowest BCUT2D eigenvalue weighted by Gasteiger charge is -2.06. The van der Waals surface area contributed by atoms with Crippen molar-refractivity contribution < 1.29 is 4.39 Å². The lowest BCUT2D eigenvalue weighted by molar-refractivity contribution is 0.617. The molecular formula is C11H9FN. The molecule has 1 aromatic rings. The Kier molecular flexibility index (Phi) is 2.81. The fourth-order valence-corrected chi connectivity index (χ4v) is 1.01. The first-order chi connectivity index (χ1) is 6.19. The molecule has 0 fully saturated rings. The Bertz CT molecular complexity index is 363. The molecule has 0 heterocycles. The average molecular weight is 174 g/mol. The lowest BCUT2D eigenvalue weighted by Crippen LogP contribution is -1.95. The van der Waals surface area contributed by atoms with Crippen molar-refractivity contribution in [1.82, 2.24) is 0 Å². The molecule has 0 unspecified atom stereocenters. The van der Waals surface area contributed by atoms with Gasteiger partial charge in [-0.15, -0.1) is 6.58 Å². The Morgan fingerprint density at radius 1 is 1.62 bits per heavy atom. The fraction of sp³-hybridized carbons (Fsp3) is 0.0909. The van der Waals surface area contributed by atoms with Crippen molar-refractivity contribution in [2.24, 2.45) is 0 Å². The molecule has 0 amide bonds. The van der Waals surface area contributed by atoms with E-state index in [0.29, 0.717) is 11.1 Å². The Morgan fingerprint density at radius 2 is 2.31 bits per heavy atom. The number of nitriles is 1. The highest BCUT2D eigenvalue weighted by atomic mass is 19.1. The molecule has 0 saturated heterocycles. The highest BCUT2D eigenvalue weighted by Crippen LogP contribution is 2.19. The molecule has 1 nitrogen and oxygen atoms in total. The van der Waals surface area contributed by atoms with Gasteiger partial charge in [-0.25, -0.2) is 4.39 Å². The summed E-state index contributed by atoms with van der Waals surface area (Å²) in [6.07, 6.45) is 1.57. The Balaban J connectivity index is 3.20. The zero-order valence-electron chi connectivity index (χ0n) is 7.34. The van der Waals surface area contributed by atoms with Crippen LogP contribution in [0.15, 0.2) is 30.9 Å². The summed E-state index contributed by atoms with van der Waals surface area (Å²) in [5.74, 6) is 0.408. The number of hydrogen-bond donors (Lipinski definition) is 0. The van der Waals surface area contributed by atoms with Crippen molar-refractivity contribution in [1.29, 1.82) is 5.26 Å². The normalized spacial score (nSPS) is 9.69. The van der Waals surface area contributed by atoms with E-state index in [-0.39, 0.29) is 5.82 Å². The summed E-state index contributed by atoms with van der Waals surface area (Å²) in [5, 5.41) is 8.60. The maximum atomic E-state index is 13.2. The Labute approximate surface area is 77.1 Å². The van der Waals surface area contributed by atoms with Crippen LogP contribution in [0.3, 0.4) is 0 Å². The number of rotatable bonds is 2. The van der Waals surface area contributed by atoms with Gasteiger partial charge in [0.15, 0.2) is 0 Å². The van der Waals surface area contributed by atoms with Gasteiger partial charge >= 0.3 is 0 Å². The Hall–Kier alpha value is -1.62. The van der Waals surface area contributed by atoms with Crippen molar-refractivity contribution >= 4 is 0 Å². The summed E-state index contributed by atoms with van der Waals surface area (Å²) in [7, 11) is 0. The number of benzene rings is 1. The SMILES string of the molecule is C=C[C](C)c1cc(C#N)ccc1F. The van der Waals surface area contributed by atoms with Crippen molar-refractivity contribution in [3.8, 4) is 6.07 Å². The maximum absolute atomic E-state index is 13.2. The van der Waals surface area contributed by atoms with Gasteiger partial charge in [-0.2, -0.15) is 5.26 Å². The van der Waals surface area contributed by atoms with Crippen molar-refractivity contribution in [3.63, 3.8) is 0 Å². The topological polar surface area (TPSA) is 23.8 Å². The molecule has 0 aliphatic rings. The van der Waals surface area contributed by atoms with Gasteiger partial charge in [-0.05, 0) is 23.8 Å². The predicted molar refractivity (Wildman–Crippen MR) is 49.3 cm³/mol. The third-order valence-corrected chi connectivity index (χ3v) is 1.83. The molecule has 13 heavy (non-hydrogen) atoms. The smallest absolute Gasteiger partial charge is 0.127 e. The summed E-state index contributed by atoms with van der Waals surface area (Å²) in [6.45, 7) is 5.30. The molecule has 0 aromatic heterocycles. The van der Waals surface area contributed by atoms with Crippen LogP contribution in [-0.2, 0) is 0 Å². The van der Waals surface area contributed by atoms with Gasteiger partial charge < -0.3 is 0 Å². The highest BCUT2D eigenvalue weighted by molar-refractivity contribution is 5.42. The molecule has 0 bridgehead atoms. The number of hydrogen-bond acceptors (Lipinski definition) is 1. The van der Waals surface area contributed by atoms with E-state index in [0.717, 1.165) is 5.92 Å². The molecule has 2 heteroatoms. The van der Waals surface area contributed by atoms with Gasteiger partial charge in [-0.3, -0.25) is 0 Å². The van der Waals surface area contributed by atoms with Crippen LogP contribution in [0.2, 0.25) is 0 Å². The zero-order chi connectivity index (χ0) is 9.84. The largest absolute Gasteiger partial charge is 0.207 e. The average Bonchev–Trinajstić information content (AvgIpc) is 2.17. The van der Waals surface area contributed by atoms with E-state index in [9.17, 15) is 4.39 Å². The summed E-state index contributed by atoms with van der Waals surface area (Å²) in [4.78, 5) is 0. The van der Waals surface area contributed by atoms with Crippen LogP contribution in [0.1, 0.15) is 18.1 Å². The highest BCUT2D eigenvalue weighted by Gasteiger charge is 2.08. The monoisotopic (exact) mass is 174 g/mol. The standard InChI is InChI=1S/C11H9FN/c1-3-8(2)10-6-9(7-13)4-5-11(10)12/h3-6H,1H2,2H3. The van der Waals surface area contributed by atoms with Crippen LogP contribution in [0.4, 0.5) is 4.39 Å². The van der Waals surface area contributed by atoms with E-state index < -0.39 is 0 Å². The van der Waals surface area contributed by atoms with E-state index in [1.807, 2.05) is 6.07 Å². The predicted octanol–water partition coefficient (Wildman–Crippen LogP) is 2.83. The number of nitrogens with zero attached hydrogens (tertiary/aromatic N) is 1. The van der Waals surface area contributed by atoms with Crippen LogP contribution in [0.5, 0.6) is 0 Å². The minimum Gasteiger partial charge on any atom is -0.207 e. The molecule has 0 atom stereocenters. The third kappa shape index (κ3) is 1.94. The van der Waals surface area contributed by atoms with Gasteiger partial charge in [0, 0.05) is 5.92 Å². The summed E-state index contributed by atoms with van der Waals surface area (Å²) < 4.78 is 13.2. The van der Waals surface area contributed by atoms with Gasteiger partial charge in [0.05, 0.1) is 11.6 Å². The van der Waals surface area contributed by atoms with Crippen LogP contribution in [0.25, 0.3) is 0 Å². The van der Waals surface area contributed by atoms with Crippen LogP contribution < -0.4 is 0 Å². The zero-order valence-corrected chi connectivity index (χ0v) is 7.34. The molecular weight excluding hydrogens is 165 g/mol. The molecule has 0 aliphatic carbocycles. The second-order valence-corrected chi connectivity index (χ2v) is 2.69. The van der Waals surface area contributed by atoms with E-state index >= 15 is 0 Å². The fourth-order valence-electron chi connectivity index (χ4n) is 1.01. The minimum atomic E-state index is -0.323. The van der Waals surface area contributed by atoms with Crippen molar-refractivity contribution in [3.05, 3.63) is 53.7 Å². The van der Waals surface area contributed by atoms with Crippen LogP contribution >= 0.6 is 0 Å². The van der Waals surface area contributed by atoms with Gasteiger partial charge in [-0.1, -0.05) is 13.0 Å². The molecule has 0 saturated carbocycles. The molecule has 1 aromatic carbocycles. The number of halogens is 1. The van der Waals surface area contributed by atoms with Gasteiger partial charge in [0.2, 0.25) is 0 Å². The Morgan fingerprint density at radius 3 is 2.85 bits per heavy atom. The van der Waals surface area contributed by atoms with Crippen LogP contribution in [-0.4, -0.2) is 0 Å². The molecule has 0 spiro atoms. The third-order valence-electron chi connectivity index (χ3n) is 1.83. The second kappa shape index (κ2) is 3.86. The first kappa shape index (κ1) is 9.47. The van der Waals surface area contributed by atoms with Crippen LogP contribution in [0, 0.1) is 23.1 Å². The molecule has 0 aliphatic heterocycles. The quantitative estimate of drug-likeness (QED) is 0.676. The summed E-state index contributed by atoms with van der Waals surface area (Å²) >= 11 is 0. The van der Waals surface area contributed by atoms with Gasteiger partial charge in [0.1, 0.15) is 5.82 Å². The summed E-state index contributed by atoms with van der Waals surface area (Å²) in [5.41, 5.74) is 0.895. The first-order valence-electron chi connectivity index (χ1n) is 3.85. The molecule has 1 rings (SSSR count). The van der Waals surface area contributed by atoms with Crippen molar-refractivity contribution in [2.75, 3.05) is 0 Å². The first-order valence-corrected chi connectivity index (χ1v) is 3.85. The summed E-state index contributed by atoms with van der Waals surface area (Å²) in [6, 6.07) is 6.23.